The molecule has 6 rings (SSSR count). The van der Waals surface area contributed by atoms with Gasteiger partial charge in [-0.2, -0.15) is 0 Å². The number of fused-ring (bicyclic) bond motifs is 1. The second-order valence-electron chi connectivity index (χ2n) is 12.7. The van der Waals surface area contributed by atoms with Crippen LogP contribution in [0.3, 0.4) is 0 Å². The molecule has 2 heterocycles. The summed E-state index contributed by atoms with van der Waals surface area (Å²) >= 11 is 6.19. The Morgan fingerprint density at radius 3 is 2.50 bits per heavy atom. The SMILES string of the molecule is CCc1cc(Cl)cc(C)c1C(=O)NC(Cc1ccc(N2CCC(C3NC=CCC3c3cccc4ccccc34)CC2)cc1)C(=O)O. The fraction of sp³-hybridized carbons (Fsp3) is 0.333. The molecule has 1 amide bonds. The van der Waals surface area contributed by atoms with E-state index < -0.39 is 12.0 Å². The maximum atomic E-state index is 13.2. The van der Waals surface area contributed by atoms with Crippen LogP contribution in [0.2, 0.25) is 5.02 Å². The first-order valence-corrected chi connectivity index (χ1v) is 16.8. The highest BCUT2D eigenvalue weighted by molar-refractivity contribution is 6.30. The minimum atomic E-state index is -1.06. The van der Waals surface area contributed by atoms with E-state index in [1.54, 1.807) is 12.1 Å². The van der Waals surface area contributed by atoms with Crippen molar-refractivity contribution in [3.05, 3.63) is 124 Å². The minimum Gasteiger partial charge on any atom is -0.480 e. The van der Waals surface area contributed by atoms with Gasteiger partial charge in [-0.05, 0) is 102 Å². The fourth-order valence-electron chi connectivity index (χ4n) is 7.46. The zero-order valence-corrected chi connectivity index (χ0v) is 27.3. The summed E-state index contributed by atoms with van der Waals surface area (Å²) in [5.74, 6) is -0.436. The van der Waals surface area contributed by atoms with Crippen molar-refractivity contribution >= 4 is 39.9 Å². The van der Waals surface area contributed by atoms with Gasteiger partial charge >= 0.3 is 5.97 Å². The lowest BCUT2D eigenvalue weighted by Crippen LogP contribution is -2.46. The number of carboxylic acids is 1. The monoisotopic (exact) mass is 635 g/mol. The third kappa shape index (κ3) is 6.78. The molecule has 0 radical (unpaired) electrons. The lowest BCUT2D eigenvalue weighted by molar-refractivity contribution is -0.139. The van der Waals surface area contributed by atoms with E-state index in [-0.39, 0.29) is 12.3 Å². The molecule has 4 aromatic rings. The number of amides is 1. The number of piperidine rings is 1. The molecule has 0 aliphatic carbocycles. The highest BCUT2D eigenvalue weighted by Crippen LogP contribution is 2.38. The largest absolute Gasteiger partial charge is 0.480 e. The van der Waals surface area contributed by atoms with E-state index in [2.05, 4.69) is 82.4 Å². The average molecular weight is 636 g/mol. The van der Waals surface area contributed by atoms with E-state index in [4.69, 9.17) is 11.6 Å². The maximum Gasteiger partial charge on any atom is 0.326 e. The molecule has 4 aromatic carbocycles. The molecular formula is C39H42ClN3O3. The molecule has 0 aromatic heterocycles. The van der Waals surface area contributed by atoms with Crippen LogP contribution in [0.25, 0.3) is 10.8 Å². The number of rotatable bonds is 9. The van der Waals surface area contributed by atoms with Crippen LogP contribution >= 0.6 is 11.6 Å². The molecule has 238 valence electrons. The Balaban J connectivity index is 1.09. The summed E-state index contributed by atoms with van der Waals surface area (Å²) in [5.41, 5.74) is 5.48. The summed E-state index contributed by atoms with van der Waals surface area (Å²) in [5, 5.41) is 19.7. The molecule has 0 spiro atoms. The summed E-state index contributed by atoms with van der Waals surface area (Å²) in [6, 6.07) is 26.4. The van der Waals surface area contributed by atoms with Crippen LogP contribution in [0.4, 0.5) is 5.69 Å². The van der Waals surface area contributed by atoms with Gasteiger partial charge < -0.3 is 20.6 Å². The molecule has 0 bridgehead atoms. The smallest absolute Gasteiger partial charge is 0.326 e. The number of anilines is 1. The van der Waals surface area contributed by atoms with Crippen LogP contribution in [0.15, 0.2) is 91.1 Å². The van der Waals surface area contributed by atoms with E-state index in [1.807, 2.05) is 26.0 Å². The summed E-state index contributed by atoms with van der Waals surface area (Å²) in [6.07, 6.45) is 8.49. The summed E-state index contributed by atoms with van der Waals surface area (Å²) in [6.45, 7) is 5.72. The molecular weight excluding hydrogens is 594 g/mol. The van der Waals surface area contributed by atoms with E-state index in [0.29, 0.717) is 34.9 Å². The second kappa shape index (κ2) is 14.0. The van der Waals surface area contributed by atoms with Crippen molar-refractivity contribution in [1.82, 2.24) is 10.6 Å². The average Bonchev–Trinajstić information content (AvgIpc) is 3.07. The standard InChI is InChI=1S/C39H42ClN3O3/c1-3-27-24-30(40)22-25(2)36(27)38(44)42-35(39(45)46)23-26-13-15-31(16-14-26)43-20-17-29(18-21-43)37-34(12-7-19-41-37)33-11-6-9-28-8-4-5-10-32(28)33/h4-11,13-16,19,22,24,29,34-35,37,41H,3,12,17-18,20-21,23H2,1-2H3,(H,42,44)(H,45,46). The Labute approximate surface area is 276 Å². The molecule has 1 saturated heterocycles. The third-order valence-corrected chi connectivity index (χ3v) is 10.1. The molecule has 3 atom stereocenters. The number of carboxylic acid groups (broad SMARTS) is 1. The van der Waals surface area contributed by atoms with Crippen molar-refractivity contribution in [3.8, 4) is 0 Å². The van der Waals surface area contributed by atoms with Crippen LogP contribution < -0.4 is 15.5 Å². The van der Waals surface area contributed by atoms with E-state index >= 15 is 0 Å². The van der Waals surface area contributed by atoms with Crippen molar-refractivity contribution in [3.63, 3.8) is 0 Å². The van der Waals surface area contributed by atoms with Crippen LogP contribution in [-0.4, -0.2) is 42.2 Å². The zero-order chi connectivity index (χ0) is 32.2. The Bertz CT molecular complexity index is 1740. The van der Waals surface area contributed by atoms with Gasteiger partial charge in [-0.3, -0.25) is 4.79 Å². The number of nitrogens with one attached hydrogen (secondary N) is 2. The summed E-state index contributed by atoms with van der Waals surface area (Å²) in [4.78, 5) is 27.8. The van der Waals surface area contributed by atoms with Gasteiger partial charge in [0.1, 0.15) is 6.04 Å². The Morgan fingerprint density at radius 2 is 1.76 bits per heavy atom. The molecule has 46 heavy (non-hydrogen) atoms. The van der Waals surface area contributed by atoms with Gasteiger partial charge in [-0.25, -0.2) is 4.79 Å². The molecule has 0 saturated carbocycles. The summed E-state index contributed by atoms with van der Waals surface area (Å²) < 4.78 is 0. The van der Waals surface area contributed by atoms with Crippen molar-refractivity contribution in [1.29, 1.82) is 0 Å². The number of hydrogen-bond acceptors (Lipinski definition) is 4. The Hall–Kier alpha value is -4.29. The number of allylic oxidation sites excluding steroid dienone is 1. The van der Waals surface area contributed by atoms with Gasteiger partial charge in [0, 0.05) is 47.7 Å². The van der Waals surface area contributed by atoms with Crippen molar-refractivity contribution in [2.24, 2.45) is 5.92 Å². The van der Waals surface area contributed by atoms with Crippen LogP contribution in [-0.2, 0) is 17.6 Å². The maximum absolute atomic E-state index is 13.2. The number of aryl methyl sites for hydroxylation is 2. The molecule has 3 unspecified atom stereocenters. The highest BCUT2D eigenvalue weighted by atomic mass is 35.5. The molecule has 2 aliphatic heterocycles. The predicted octanol–water partition coefficient (Wildman–Crippen LogP) is 7.67. The van der Waals surface area contributed by atoms with Gasteiger partial charge in [0.05, 0.1) is 0 Å². The topological polar surface area (TPSA) is 81.7 Å². The zero-order valence-electron chi connectivity index (χ0n) is 26.5. The van der Waals surface area contributed by atoms with Gasteiger partial charge in [-0.1, -0.05) is 79.2 Å². The number of halogens is 1. The summed E-state index contributed by atoms with van der Waals surface area (Å²) in [7, 11) is 0. The van der Waals surface area contributed by atoms with Crippen molar-refractivity contribution in [2.45, 2.75) is 64.0 Å². The molecule has 6 nitrogen and oxygen atoms in total. The van der Waals surface area contributed by atoms with Gasteiger partial charge in [0.15, 0.2) is 0 Å². The molecule has 7 heteroatoms. The molecule has 2 aliphatic rings. The van der Waals surface area contributed by atoms with Gasteiger partial charge in [0.2, 0.25) is 0 Å². The Kier molecular flexibility index (Phi) is 9.64. The lowest BCUT2D eigenvalue weighted by atomic mass is 9.75. The lowest BCUT2D eigenvalue weighted by Gasteiger charge is -2.42. The normalized spacial score (nSPS) is 19.1. The van der Waals surface area contributed by atoms with E-state index in [0.717, 1.165) is 54.7 Å². The first kappa shape index (κ1) is 31.7. The van der Waals surface area contributed by atoms with Crippen LogP contribution in [0.1, 0.15) is 64.7 Å². The number of aliphatic carboxylic acids is 1. The first-order chi connectivity index (χ1) is 22.3. The fourth-order valence-corrected chi connectivity index (χ4v) is 7.75. The second-order valence-corrected chi connectivity index (χ2v) is 13.1. The van der Waals surface area contributed by atoms with E-state index in [1.165, 1.54) is 16.3 Å². The van der Waals surface area contributed by atoms with Crippen molar-refractivity contribution < 1.29 is 14.7 Å². The van der Waals surface area contributed by atoms with E-state index in [9.17, 15) is 14.7 Å². The Morgan fingerprint density at radius 1 is 1.02 bits per heavy atom. The van der Waals surface area contributed by atoms with Crippen LogP contribution in [0.5, 0.6) is 0 Å². The first-order valence-electron chi connectivity index (χ1n) is 16.4. The quantitative estimate of drug-likeness (QED) is 0.176. The highest BCUT2D eigenvalue weighted by Gasteiger charge is 2.34. The number of benzene rings is 4. The number of hydrogen-bond donors (Lipinski definition) is 3. The van der Waals surface area contributed by atoms with Gasteiger partial charge in [-0.15, -0.1) is 0 Å². The predicted molar refractivity (Wildman–Crippen MR) is 187 cm³/mol. The van der Waals surface area contributed by atoms with Gasteiger partial charge in [0.25, 0.3) is 5.91 Å². The van der Waals surface area contributed by atoms with Crippen molar-refractivity contribution in [2.75, 3.05) is 18.0 Å². The third-order valence-electron chi connectivity index (χ3n) is 9.84. The molecule has 3 N–H and O–H groups in total. The minimum absolute atomic E-state index is 0.202. The number of carbonyl (C=O) groups is 2. The molecule has 1 fully saturated rings. The van der Waals surface area contributed by atoms with Crippen LogP contribution in [0, 0.1) is 12.8 Å². The number of carbonyl (C=O) groups excluding carboxylic acids is 1. The number of nitrogens with zero attached hydrogens (tertiary/aromatic N) is 1.